The largest absolute Gasteiger partial charge is 0.481 e. The molecule has 0 aliphatic carbocycles. The molecule has 6 nitrogen and oxygen atoms in total. The minimum absolute atomic E-state index is 0.470. The maximum atomic E-state index is 5.73. The lowest BCUT2D eigenvalue weighted by molar-refractivity contribution is 0.227. The lowest BCUT2D eigenvalue weighted by Crippen LogP contribution is -2.38. The molecule has 0 radical (unpaired) electrons. The first-order valence-corrected chi connectivity index (χ1v) is 7.87. The zero-order chi connectivity index (χ0) is 14.5. The van der Waals surface area contributed by atoms with Crippen molar-refractivity contribution in [1.29, 1.82) is 0 Å². The van der Waals surface area contributed by atoms with Crippen LogP contribution in [0.4, 0.5) is 5.95 Å². The van der Waals surface area contributed by atoms with E-state index in [9.17, 15) is 0 Å². The Hall–Kier alpha value is -1.89. The van der Waals surface area contributed by atoms with Crippen molar-refractivity contribution < 1.29 is 9.47 Å². The number of nitrogens with zero attached hydrogens (tertiary/aromatic N) is 4. The van der Waals surface area contributed by atoms with E-state index in [0.29, 0.717) is 18.4 Å². The number of rotatable bonds is 5. The van der Waals surface area contributed by atoms with Crippen molar-refractivity contribution in [2.24, 2.45) is 5.92 Å². The van der Waals surface area contributed by atoms with E-state index in [2.05, 4.69) is 19.9 Å². The van der Waals surface area contributed by atoms with E-state index >= 15 is 0 Å². The van der Waals surface area contributed by atoms with Crippen LogP contribution in [-0.2, 0) is 0 Å². The Morgan fingerprint density at radius 1 is 1.38 bits per heavy atom. The molecule has 3 rings (SSSR count). The first-order valence-electron chi connectivity index (χ1n) is 6.99. The molecular formula is C14H18N4O2S. The Labute approximate surface area is 127 Å². The SMILES string of the molecule is COc1ccnc(N2CCCC(COc3nccs3)C2)n1. The summed E-state index contributed by atoms with van der Waals surface area (Å²) in [6.07, 6.45) is 5.77. The Kier molecular flexibility index (Phi) is 4.49. The number of aromatic nitrogens is 3. The summed E-state index contributed by atoms with van der Waals surface area (Å²) in [4.78, 5) is 15.1. The fraction of sp³-hybridized carbons (Fsp3) is 0.500. The smallest absolute Gasteiger partial charge is 0.273 e. The molecule has 1 fully saturated rings. The molecule has 0 amide bonds. The average molecular weight is 306 g/mol. The van der Waals surface area contributed by atoms with Crippen molar-refractivity contribution in [2.75, 3.05) is 31.7 Å². The molecule has 3 heterocycles. The van der Waals surface area contributed by atoms with Gasteiger partial charge in [-0.15, -0.1) is 0 Å². The van der Waals surface area contributed by atoms with Crippen molar-refractivity contribution in [3.63, 3.8) is 0 Å². The number of ether oxygens (including phenoxy) is 2. The Morgan fingerprint density at radius 2 is 2.33 bits per heavy atom. The van der Waals surface area contributed by atoms with Gasteiger partial charge in [0.15, 0.2) is 0 Å². The Bertz CT molecular complexity index is 564. The van der Waals surface area contributed by atoms with Crippen LogP contribution in [0.5, 0.6) is 11.1 Å². The minimum atomic E-state index is 0.470. The van der Waals surface area contributed by atoms with Crippen LogP contribution in [0.1, 0.15) is 12.8 Å². The van der Waals surface area contributed by atoms with Crippen LogP contribution in [0.2, 0.25) is 0 Å². The lowest BCUT2D eigenvalue weighted by Gasteiger charge is -2.32. The second-order valence-corrected chi connectivity index (χ2v) is 5.82. The van der Waals surface area contributed by atoms with E-state index in [4.69, 9.17) is 9.47 Å². The van der Waals surface area contributed by atoms with Gasteiger partial charge in [-0.1, -0.05) is 11.3 Å². The van der Waals surface area contributed by atoms with E-state index in [-0.39, 0.29) is 0 Å². The van der Waals surface area contributed by atoms with E-state index in [0.717, 1.165) is 37.1 Å². The van der Waals surface area contributed by atoms with Gasteiger partial charge in [-0.25, -0.2) is 9.97 Å². The van der Waals surface area contributed by atoms with Gasteiger partial charge in [0.2, 0.25) is 11.8 Å². The van der Waals surface area contributed by atoms with Crippen LogP contribution in [0, 0.1) is 5.92 Å². The molecule has 2 aromatic rings. The molecule has 1 unspecified atom stereocenters. The maximum absolute atomic E-state index is 5.73. The number of piperidine rings is 1. The third kappa shape index (κ3) is 3.60. The van der Waals surface area contributed by atoms with Crippen molar-refractivity contribution in [2.45, 2.75) is 12.8 Å². The summed E-state index contributed by atoms with van der Waals surface area (Å²) in [7, 11) is 1.62. The molecule has 0 spiro atoms. The minimum Gasteiger partial charge on any atom is -0.481 e. The zero-order valence-electron chi connectivity index (χ0n) is 11.9. The normalized spacial score (nSPS) is 18.5. The molecule has 0 N–H and O–H groups in total. The quantitative estimate of drug-likeness (QED) is 0.844. The third-order valence-electron chi connectivity index (χ3n) is 3.48. The highest BCUT2D eigenvalue weighted by molar-refractivity contribution is 7.11. The van der Waals surface area contributed by atoms with Crippen LogP contribution in [0.25, 0.3) is 0 Å². The number of anilines is 1. The second kappa shape index (κ2) is 6.71. The number of hydrogen-bond acceptors (Lipinski definition) is 7. The number of hydrogen-bond donors (Lipinski definition) is 0. The van der Waals surface area contributed by atoms with Gasteiger partial charge >= 0.3 is 0 Å². The molecule has 1 aliphatic rings. The molecule has 21 heavy (non-hydrogen) atoms. The van der Waals surface area contributed by atoms with E-state index in [1.54, 1.807) is 25.6 Å². The summed E-state index contributed by atoms with van der Waals surface area (Å²) in [5.74, 6) is 1.80. The summed E-state index contributed by atoms with van der Waals surface area (Å²) in [6, 6.07) is 1.76. The highest BCUT2D eigenvalue weighted by Crippen LogP contribution is 2.23. The highest BCUT2D eigenvalue weighted by Gasteiger charge is 2.22. The van der Waals surface area contributed by atoms with Crippen LogP contribution in [0.3, 0.4) is 0 Å². The molecule has 1 atom stereocenters. The first kappa shape index (κ1) is 14.1. The zero-order valence-corrected chi connectivity index (χ0v) is 12.8. The molecule has 2 aromatic heterocycles. The average Bonchev–Trinajstić information content (AvgIpc) is 3.07. The van der Waals surface area contributed by atoms with Gasteiger partial charge in [-0.2, -0.15) is 4.98 Å². The van der Waals surface area contributed by atoms with Crippen LogP contribution < -0.4 is 14.4 Å². The predicted molar refractivity (Wildman–Crippen MR) is 81.1 cm³/mol. The van der Waals surface area contributed by atoms with Crippen molar-refractivity contribution >= 4 is 17.3 Å². The molecule has 0 bridgehead atoms. The molecule has 112 valence electrons. The summed E-state index contributed by atoms with van der Waals surface area (Å²) in [5.41, 5.74) is 0. The molecule has 1 aliphatic heterocycles. The van der Waals surface area contributed by atoms with Gasteiger partial charge < -0.3 is 14.4 Å². The standard InChI is InChI=1S/C14H18N4O2S/c1-19-12-4-5-15-13(17-12)18-7-2-3-11(9-18)10-20-14-16-6-8-21-14/h4-6,8,11H,2-3,7,9-10H2,1H3. The van der Waals surface area contributed by atoms with Gasteiger partial charge in [0.25, 0.3) is 5.19 Å². The van der Waals surface area contributed by atoms with Crippen LogP contribution in [-0.4, -0.2) is 41.8 Å². The fourth-order valence-electron chi connectivity index (χ4n) is 2.45. The molecule has 0 aromatic carbocycles. The topological polar surface area (TPSA) is 60.4 Å². The predicted octanol–water partition coefficient (Wildman–Crippen LogP) is 2.24. The number of methoxy groups -OCH3 is 1. The summed E-state index contributed by atoms with van der Waals surface area (Å²) in [6.45, 7) is 2.56. The Balaban J connectivity index is 1.59. The van der Waals surface area contributed by atoms with E-state index in [1.165, 1.54) is 11.3 Å². The van der Waals surface area contributed by atoms with Gasteiger partial charge in [0.05, 0.1) is 13.7 Å². The highest BCUT2D eigenvalue weighted by atomic mass is 32.1. The second-order valence-electron chi connectivity index (χ2n) is 4.96. The summed E-state index contributed by atoms with van der Waals surface area (Å²) in [5, 5.41) is 2.66. The fourth-order valence-corrected chi connectivity index (χ4v) is 2.95. The van der Waals surface area contributed by atoms with Crippen molar-refractivity contribution in [1.82, 2.24) is 15.0 Å². The summed E-state index contributed by atoms with van der Waals surface area (Å²) >= 11 is 1.53. The third-order valence-corrected chi connectivity index (χ3v) is 4.16. The van der Waals surface area contributed by atoms with E-state index < -0.39 is 0 Å². The molecule has 0 saturated carbocycles. The lowest BCUT2D eigenvalue weighted by atomic mass is 9.99. The Morgan fingerprint density at radius 3 is 3.14 bits per heavy atom. The van der Waals surface area contributed by atoms with Gasteiger partial charge in [0.1, 0.15) is 0 Å². The van der Waals surface area contributed by atoms with Crippen molar-refractivity contribution in [3.05, 3.63) is 23.8 Å². The summed E-state index contributed by atoms with van der Waals surface area (Å²) < 4.78 is 10.9. The number of thiazole rings is 1. The van der Waals surface area contributed by atoms with Gasteiger partial charge in [-0.3, -0.25) is 0 Å². The van der Waals surface area contributed by atoms with Gasteiger partial charge in [0, 0.05) is 42.8 Å². The maximum Gasteiger partial charge on any atom is 0.273 e. The van der Waals surface area contributed by atoms with Crippen LogP contribution >= 0.6 is 11.3 Å². The monoisotopic (exact) mass is 306 g/mol. The van der Waals surface area contributed by atoms with E-state index in [1.807, 2.05) is 5.38 Å². The van der Waals surface area contributed by atoms with Gasteiger partial charge in [-0.05, 0) is 12.8 Å². The molecule has 1 saturated heterocycles. The first-order chi connectivity index (χ1) is 10.3. The van der Waals surface area contributed by atoms with Crippen LogP contribution in [0.15, 0.2) is 23.8 Å². The molecular weight excluding hydrogens is 288 g/mol. The molecule has 7 heteroatoms. The van der Waals surface area contributed by atoms with Crippen molar-refractivity contribution in [3.8, 4) is 11.1 Å².